The summed E-state index contributed by atoms with van der Waals surface area (Å²) in [6.07, 6.45) is 7.29. The predicted molar refractivity (Wildman–Crippen MR) is 211 cm³/mol. The minimum Gasteiger partial charge on any atom is -0.487 e. The van der Waals surface area contributed by atoms with Crippen molar-refractivity contribution >= 4 is 18.2 Å². The molecule has 4 aliphatic rings. The molecule has 0 saturated carbocycles. The molecule has 8 rings (SSSR count). The number of ether oxygens (including phenoxy) is 8. The first-order chi connectivity index (χ1) is 28.0. The molecule has 0 fully saturated rings. The molecule has 1 aliphatic carbocycles. The molecule has 1 spiro atoms. The van der Waals surface area contributed by atoms with Crippen molar-refractivity contribution in [1.29, 1.82) is 0 Å². The Bertz CT molecular complexity index is 2230. The second-order valence-electron chi connectivity index (χ2n) is 13.4. The number of carbonyl (C=O) groups excluding carboxylic acids is 2. The lowest BCUT2D eigenvalue weighted by molar-refractivity contribution is -0.140. The van der Waals surface area contributed by atoms with Crippen LogP contribution in [0.25, 0.3) is 11.1 Å². The number of esters is 2. The highest BCUT2D eigenvalue weighted by Gasteiger charge is 2.62. The summed E-state index contributed by atoms with van der Waals surface area (Å²) in [7, 11) is 2.63. The summed E-state index contributed by atoms with van der Waals surface area (Å²) >= 11 is 0. The summed E-state index contributed by atoms with van der Waals surface area (Å²) in [5.74, 6) is 1.13. The zero-order chi connectivity index (χ0) is 39.2. The first kappa shape index (κ1) is 37.5. The molecule has 1 unspecified atom stereocenters. The molecule has 292 valence electrons. The molecule has 0 amide bonds. The Kier molecular flexibility index (Phi) is 11.1. The summed E-state index contributed by atoms with van der Waals surface area (Å²) in [5, 5.41) is 0. The molecular weight excluding hydrogens is 728 g/mol. The molecule has 0 N–H and O–H groups in total. The van der Waals surface area contributed by atoms with Crippen LogP contribution in [0.4, 0.5) is 0 Å². The molecule has 3 heterocycles. The Balaban J connectivity index is 1.07. The topological polar surface area (TPSA) is 124 Å². The smallest absolute Gasteiger partial charge is 0.355 e. The van der Waals surface area contributed by atoms with Crippen LogP contribution in [0, 0.1) is 0 Å². The number of benzene rings is 4. The maximum atomic E-state index is 13.9. The molecule has 57 heavy (non-hydrogen) atoms. The van der Waals surface area contributed by atoms with Crippen LogP contribution < -0.4 is 18.9 Å². The summed E-state index contributed by atoms with van der Waals surface area (Å²) in [5.41, 5.74) is 4.35. The molecule has 4 aromatic rings. The van der Waals surface area contributed by atoms with Crippen molar-refractivity contribution in [1.82, 2.24) is 4.90 Å². The fraction of sp³-hybridized carbons (Fsp3) is 0.267. The number of hydrogen-bond donors (Lipinski definition) is 0. The van der Waals surface area contributed by atoms with Crippen LogP contribution >= 0.6 is 0 Å². The van der Waals surface area contributed by atoms with Gasteiger partial charge in [-0.1, -0.05) is 60.7 Å². The van der Waals surface area contributed by atoms with Gasteiger partial charge in [0.15, 0.2) is 23.0 Å². The molecule has 0 radical (unpaired) electrons. The minimum absolute atomic E-state index is 0.123. The number of nitrogens with zero attached hydrogens (tertiary/aromatic N) is 2. The van der Waals surface area contributed by atoms with Crippen molar-refractivity contribution in [3.8, 4) is 34.1 Å². The van der Waals surface area contributed by atoms with Gasteiger partial charge >= 0.3 is 11.9 Å². The lowest BCUT2D eigenvalue weighted by Crippen LogP contribution is -2.44. The fourth-order valence-corrected chi connectivity index (χ4v) is 7.89. The summed E-state index contributed by atoms with van der Waals surface area (Å²) in [6.45, 7) is 2.74. The number of aliphatic imine (C=N–C) groups is 1. The molecular formula is C45H42N2O10. The van der Waals surface area contributed by atoms with E-state index in [2.05, 4.69) is 0 Å². The Morgan fingerprint density at radius 3 is 1.77 bits per heavy atom. The van der Waals surface area contributed by atoms with Gasteiger partial charge in [0.1, 0.15) is 32.1 Å². The molecule has 3 aliphatic heterocycles. The lowest BCUT2D eigenvalue weighted by atomic mass is 9.67. The first-order valence-corrected chi connectivity index (χ1v) is 18.8. The van der Waals surface area contributed by atoms with Gasteiger partial charge in [-0.25, -0.2) is 9.59 Å². The summed E-state index contributed by atoms with van der Waals surface area (Å²) < 4.78 is 46.2. The second kappa shape index (κ2) is 16.8. The Hall–Kier alpha value is -6.37. The molecule has 12 nitrogen and oxygen atoms in total. The monoisotopic (exact) mass is 770 g/mol. The number of hydrogen-bond acceptors (Lipinski definition) is 12. The van der Waals surface area contributed by atoms with Gasteiger partial charge in [0.25, 0.3) is 0 Å². The number of methoxy groups -OCH3 is 2. The molecule has 4 aromatic carbocycles. The van der Waals surface area contributed by atoms with E-state index in [1.54, 1.807) is 23.4 Å². The van der Waals surface area contributed by atoms with E-state index in [9.17, 15) is 9.59 Å². The van der Waals surface area contributed by atoms with Crippen molar-refractivity contribution in [2.45, 2.75) is 11.5 Å². The highest BCUT2D eigenvalue weighted by atomic mass is 16.6. The Morgan fingerprint density at radius 2 is 1.19 bits per heavy atom. The fourth-order valence-electron chi connectivity index (χ4n) is 7.89. The van der Waals surface area contributed by atoms with Gasteiger partial charge < -0.3 is 42.8 Å². The van der Waals surface area contributed by atoms with E-state index in [0.29, 0.717) is 74.9 Å². The Morgan fingerprint density at radius 1 is 0.667 bits per heavy atom. The van der Waals surface area contributed by atoms with Crippen molar-refractivity contribution in [2.75, 3.05) is 67.1 Å². The van der Waals surface area contributed by atoms with Crippen molar-refractivity contribution < 1.29 is 47.5 Å². The van der Waals surface area contributed by atoms with Crippen molar-refractivity contribution in [3.63, 3.8) is 0 Å². The van der Waals surface area contributed by atoms with Crippen LogP contribution in [0.5, 0.6) is 23.0 Å². The standard InChI is InChI=1S/C45H42N2O10/c1-50-43(48)41-42(44(49)51-2)47-18-17-31(28-40(47)45(41)34-11-5-3-9-32(34)33-10-4-6-12-35(33)45)46-29-30-15-16-38-39(27-30)57-26-22-53-20-24-55-37-14-8-7-13-36(37)54-23-19-52-21-25-56-38/h3-18,27-29,40H,19-26H2,1-2H3. The van der Waals surface area contributed by atoms with E-state index in [1.165, 1.54) is 14.2 Å². The molecule has 12 heteroatoms. The molecule has 0 saturated heterocycles. The van der Waals surface area contributed by atoms with E-state index in [0.717, 1.165) is 27.8 Å². The van der Waals surface area contributed by atoms with Gasteiger partial charge in [-0.3, -0.25) is 4.99 Å². The minimum atomic E-state index is -1.10. The SMILES string of the molecule is COC(=O)C1=C(C(=O)OC)C2(c3ccccc3-c3ccccc32)C2C=C(N=Cc3ccc4c(c3)OCCOCCOc3ccccc3OCCOCCO4)C=CN12. The normalized spacial score (nSPS) is 18.9. The predicted octanol–water partition coefficient (Wildman–Crippen LogP) is 6.03. The van der Waals surface area contributed by atoms with E-state index in [4.69, 9.17) is 42.9 Å². The highest BCUT2D eigenvalue weighted by molar-refractivity contribution is 6.07. The second-order valence-corrected chi connectivity index (χ2v) is 13.4. The first-order valence-electron chi connectivity index (χ1n) is 18.8. The van der Waals surface area contributed by atoms with Gasteiger partial charge in [-0.05, 0) is 70.3 Å². The maximum Gasteiger partial charge on any atom is 0.355 e. The third-order valence-electron chi connectivity index (χ3n) is 10.3. The van der Waals surface area contributed by atoms with Gasteiger partial charge in [0.2, 0.25) is 0 Å². The van der Waals surface area contributed by atoms with Crippen LogP contribution in [0.3, 0.4) is 0 Å². The summed E-state index contributed by atoms with van der Waals surface area (Å²) in [6, 6.07) is 28.5. The van der Waals surface area contributed by atoms with Crippen LogP contribution in [0.1, 0.15) is 16.7 Å². The van der Waals surface area contributed by atoms with E-state index in [1.807, 2.05) is 97.1 Å². The van der Waals surface area contributed by atoms with E-state index >= 15 is 0 Å². The third kappa shape index (κ3) is 7.13. The maximum absolute atomic E-state index is 13.9. The average molecular weight is 771 g/mol. The highest BCUT2D eigenvalue weighted by Crippen LogP contribution is 2.61. The van der Waals surface area contributed by atoms with Gasteiger partial charge in [-0.15, -0.1) is 0 Å². The van der Waals surface area contributed by atoms with Gasteiger partial charge in [-0.2, -0.15) is 0 Å². The number of rotatable bonds is 4. The molecule has 0 aromatic heterocycles. The third-order valence-corrected chi connectivity index (χ3v) is 10.3. The Labute approximate surface area is 330 Å². The quantitative estimate of drug-likeness (QED) is 0.179. The van der Waals surface area contributed by atoms with Crippen LogP contribution in [-0.2, 0) is 34.0 Å². The molecule has 0 bridgehead atoms. The number of carbonyl (C=O) groups is 2. The largest absolute Gasteiger partial charge is 0.487 e. The van der Waals surface area contributed by atoms with E-state index < -0.39 is 23.4 Å². The van der Waals surface area contributed by atoms with E-state index in [-0.39, 0.29) is 17.9 Å². The van der Waals surface area contributed by atoms with Crippen LogP contribution in [0.2, 0.25) is 0 Å². The van der Waals surface area contributed by atoms with Gasteiger partial charge in [0.05, 0.1) is 63.4 Å². The zero-order valence-electron chi connectivity index (χ0n) is 31.7. The number of para-hydroxylation sites is 2. The lowest BCUT2D eigenvalue weighted by Gasteiger charge is -2.38. The molecule has 1 atom stereocenters. The van der Waals surface area contributed by atoms with Crippen molar-refractivity contribution in [3.05, 3.63) is 143 Å². The number of fused-ring (bicyclic) bond motifs is 9. The summed E-state index contributed by atoms with van der Waals surface area (Å²) in [4.78, 5) is 34.1. The van der Waals surface area contributed by atoms with Crippen LogP contribution in [-0.4, -0.2) is 96.2 Å². The zero-order valence-corrected chi connectivity index (χ0v) is 31.7. The number of allylic oxidation sites excluding steroid dienone is 1. The van der Waals surface area contributed by atoms with Gasteiger partial charge in [0, 0.05) is 12.4 Å². The van der Waals surface area contributed by atoms with Crippen LogP contribution in [0.15, 0.2) is 131 Å². The van der Waals surface area contributed by atoms with Crippen molar-refractivity contribution in [2.24, 2.45) is 4.99 Å². The average Bonchev–Trinajstić information content (AvgIpc) is 3.72.